The minimum Gasteiger partial charge on any atom is -0.479 e. The lowest BCUT2D eigenvalue weighted by molar-refractivity contribution is -0.175. The average molecular weight is 640 g/mol. The summed E-state index contributed by atoms with van der Waals surface area (Å²) in [6.45, 7) is 13.2. The van der Waals surface area contributed by atoms with Crippen molar-refractivity contribution in [2.45, 2.75) is 66.6 Å². The Morgan fingerprint density at radius 2 is 1.72 bits per heavy atom. The summed E-state index contributed by atoms with van der Waals surface area (Å²) in [5.41, 5.74) is 4.30. The number of aromatic amines is 1. The van der Waals surface area contributed by atoms with E-state index in [1.54, 1.807) is 31.2 Å². The lowest BCUT2D eigenvalue weighted by atomic mass is 10.0. The van der Waals surface area contributed by atoms with Gasteiger partial charge in [-0.05, 0) is 70.6 Å². The molecule has 1 aromatic heterocycles. The van der Waals surface area contributed by atoms with E-state index >= 15 is 0 Å². The molecular weight excluding hydrogens is 598 g/mol. The highest BCUT2D eigenvalue weighted by atomic mass is 16.6. The number of benzene rings is 1. The van der Waals surface area contributed by atoms with Gasteiger partial charge >= 0.3 is 17.9 Å². The van der Waals surface area contributed by atoms with Gasteiger partial charge in [0, 0.05) is 47.8 Å². The smallest absolute Gasteiger partial charge is 0.347 e. The minimum absolute atomic E-state index is 0.199. The van der Waals surface area contributed by atoms with E-state index in [2.05, 4.69) is 44.4 Å². The highest BCUT2D eigenvalue weighted by Crippen LogP contribution is 2.36. The summed E-state index contributed by atoms with van der Waals surface area (Å²) < 4.78 is 9.61. The Morgan fingerprint density at radius 3 is 2.37 bits per heavy atom. The van der Waals surface area contributed by atoms with Gasteiger partial charge in [0.1, 0.15) is 0 Å². The molecule has 0 bridgehead atoms. The van der Waals surface area contributed by atoms with Crippen LogP contribution in [0, 0.1) is 13.8 Å². The number of hydrogen-bond donors (Lipinski definition) is 5. The summed E-state index contributed by atoms with van der Waals surface area (Å²) >= 11 is 0. The second-order valence-electron chi connectivity index (χ2n) is 10.8. The highest BCUT2D eigenvalue weighted by molar-refractivity contribution is 6.35. The second-order valence-corrected chi connectivity index (χ2v) is 10.8. The third-order valence-electron chi connectivity index (χ3n) is 7.52. The van der Waals surface area contributed by atoms with Crippen molar-refractivity contribution in [1.29, 1.82) is 0 Å². The number of aliphatic carboxylic acids is 1. The molecule has 0 fully saturated rings. The van der Waals surface area contributed by atoms with Gasteiger partial charge in [-0.3, -0.25) is 19.2 Å². The number of H-pyrrole nitrogens is 1. The number of amides is 3. The molecule has 0 saturated carbocycles. The number of anilines is 2. The predicted molar refractivity (Wildman–Crippen MR) is 170 cm³/mol. The quantitative estimate of drug-likeness (QED) is 0.143. The zero-order valence-corrected chi connectivity index (χ0v) is 26.9. The highest BCUT2D eigenvalue weighted by Gasteiger charge is 2.27. The van der Waals surface area contributed by atoms with Crippen molar-refractivity contribution in [2.75, 3.05) is 36.8 Å². The van der Waals surface area contributed by atoms with E-state index in [1.165, 1.54) is 6.92 Å². The van der Waals surface area contributed by atoms with Crippen LogP contribution in [-0.2, 0) is 33.4 Å². The fraction of sp³-hybridized carbons (Fsp3) is 0.438. The third-order valence-corrected chi connectivity index (χ3v) is 7.52. The van der Waals surface area contributed by atoms with E-state index in [-0.39, 0.29) is 24.7 Å². The molecule has 0 radical (unpaired) electrons. The van der Waals surface area contributed by atoms with Gasteiger partial charge in [0.05, 0.1) is 17.6 Å². The number of esters is 2. The molecule has 1 aromatic carbocycles. The summed E-state index contributed by atoms with van der Waals surface area (Å²) in [6, 6.07) is 4.87. The number of nitrogens with zero attached hydrogens (tertiary/aromatic N) is 1. The molecule has 14 heteroatoms. The number of nitrogens with one attached hydrogen (secondary N) is 4. The maximum Gasteiger partial charge on any atom is 0.347 e. The van der Waals surface area contributed by atoms with Crippen LogP contribution in [0.2, 0.25) is 0 Å². The van der Waals surface area contributed by atoms with Crippen molar-refractivity contribution in [3.8, 4) is 0 Å². The lowest BCUT2D eigenvalue weighted by Crippen LogP contribution is -2.35. The van der Waals surface area contributed by atoms with Gasteiger partial charge in [-0.15, -0.1) is 0 Å². The number of likely N-dealkylation sites (N-methyl/N-ethyl adjacent to an activating group) is 1. The number of carboxylic acids is 1. The molecule has 46 heavy (non-hydrogen) atoms. The number of fused-ring (bicyclic) bond motifs is 1. The SMILES string of the molecule is CCN(CC)CCNC(=O)c1c(C)[nH]c(/C=C2\C(=O)Nc3ccc(NC(=O)CCC(=O)O[C@@H](C)C(=O)O[C@@H](C)C(=O)O)cc32)c1C. The molecule has 2 heterocycles. The first-order valence-electron chi connectivity index (χ1n) is 15.0. The van der Waals surface area contributed by atoms with Crippen LogP contribution < -0.4 is 16.0 Å². The number of aryl methyl sites for hydroxylation is 1. The number of aromatic nitrogens is 1. The molecule has 3 amide bonds. The van der Waals surface area contributed by atoms with Crippen LogP contribution in [0.4, 0.5) is 11.4 Å². The van der Waals surface area contributed by atoms with E-state index in [9.17, 15) is 28.8 Å². The molecule has 248 valence electrons. The van der Waals surface area contributed by atoms with E-state index in [1.807, 2.05) is 6.92 Å². The topological polar surface area (TPSA) is 196 Å². The first-order chi connectivity index (χ1) is 21.7. The molecule has 2 atom stereocenters. The number of rotatable bonds is 15. The predicted octanol–water partition coefficient (Wildman–Crippen LogP) is 2.86. The number of carboxylic acid groups (broad SMARTS) is 1. The Kier molecular flexibility index (Phi) is 12.2. The van der Waals surface area contributed by atoms with Gasteiger partial charge < -0.3 is 40.4 Å². The Labute approximate surface area is 266 Å². The first kappa shape index (κ1) is 35.5. The van der Waals surface area contributed by atoms with Crippen molar-refractivity contribution in [3.63, 3.8) is 0 Å². The van der Waals surface area contributed by atoms with E-state index in [0.29, 0.717) is 51.6 Å². The normalized spacial score (nSPS) is 14.3. The average Bonchev–Trinajstić information content (AvgIpc) is 3.47. The monoisotopic (exact) mass is 639 g/mol. The van der Waals surface area contributed by atoms with Crippen molar-refractivity contribution < 1.29 is 43.3 Å². The van der Waals surface area contributed by atoms with Gasteiger partial charge in [-0.2, -0.15) is 0 Å². The lowest BCUT2D eigenvalue weighted by Gasteiger charge is -2.18. The summed E-state index contributed by atoms with van der Waals surface area (Å²) in [5.74, 6) is -4.26. The summed E-state index contributed by atoms with van der Waals surface area (Å²) in [5, 5.41) is 17.3. The molecule has 0 saturated heterocycles. The van der Waals surface area contributed by atoms with Gasteiger partial charge in [0.15, 0.2) is 12.2 Å². The Balaban J connectivity index is 1.65. The molecular formula is C32H41N5O9. The number of ether oxygens (including phenoxy) is 2. The molecule has 0 unspecified atom stereocenters. The molecule has 14 nitrogen and oxygen atoms in total. The summed E-state index contributed by atoms with van der Waals surface area (Å²) in [7, 11) is 0. The standard InChI is InChI=1S/C32H41N5O9/c1-7-37(8-2)14-13-33-30(41)28-17(3)25(34-18(28)4)16-23-22-15-21(9-10-24(22)36-29(23)40)35-26(38)11-12-27(39)45-20(6)32(44)46-19(5)31(42)43/h9-10,15-16,19-20,34H,7-8,11-14H2,1-6H3,(H,33,41)(H,35,38)(H,36,40)(H,42,43)/b23-16-/t19-,20-/m0/s1. The minimum atomic E-state index is -1.40. The van der Waals surface area contributed by atoms with Gasteiger partial charge in [-0.25, -0.2) is 9.59 Å². The van der Waals surface area contributed by atoms with Crippen LogP contribution >= 0.6 is 0 Å². The van der Waals surface area contributed by atoms with Crippen LogP contribution in [-0.4, -0.2) is 89.0 Å². The van der Waals surface area contributed by atoms with Crippen LogP contribution in [0.3, 0.4) is 0 Å². The van der Waals surface area contributed by atoms with Gasteiger partial charge in [-0.1, -0.05) is 13.8 Å². The molecule has 3 rings (SSSR count). The van der Waals surface area contributed by atoms with Crippen molar-refractivity contribution in [3.05, 3.63) is 46.3 Å². The summed E-state index contributed by atoms with van der Waals surface area (Å²) in [6.07, 6.45) is -1.69. The molecule has 5 N–H and O–H groups in total. The molecule has 0 spiro atoms. The fourth-order valence-corrected chi connectivity index (χ4v) is 4.83. The van der Waals surface area contributed by atoms with Crippen LogP contribution in [0.1, 0.15) is 73.4 Å². The van der Waals surface area contributed by atoms with Crippen LogP contribution in [0.5, 0.6) is 0 Å². The molecule has 1 aliphatic rings. The Bertz CT molecular complexity index is 1540. The van der Waals surface area contributed by atoms with Gasteiger partial charge in [0.25, 0.3) is 11.8 Å². The van der Waals surface area contributed by atoms with Crippen molar-refractivity contribution >= 4 is 58.7 Å². The molecule has 2 aromatic rings. The zero-order chi connectivity index (χ0) is 34.1. The van der Waals surface area contributed by atoms with E-state index in [0.717, 1.165) is 26.6 Å². The summed E-state index contributed by atoms with van der Waals surface area (Å²) in [4.78, 5) is 78.7. The Morgan fingerprint density at radius 1 is 1.02 bits per heavy atom. The van der Waals surface area contributed by atoms with Crippen LogP contribution in [0.15, 0.2) is 18.2 Å². The maximum atomic E-state index is 13.0. The van der Waals surface area contributed by atoms with Crippen molar-refractivity contribution in [1.82, 2.24) is 15.2 Å². The third kappa shape index (κ3) is 9.03. The Hall–Kier alpha value is -4.98. The zero-order valence-electron chi connectivity index (χ0n) is 26.9. The fourth-order valence-electron chi connectivity index (χ4n) is 4.83. The van der Waals surface area contributed by atoms with Gasteiger partial charge in [0.2, 0.25) is 5.91 Å². The van der Waals surface area contributed by atoms with Crippen molar-refractivity contribution in [2.24, 2.45) is 0 Å². The molecule has 1 aliphatic heterocycles. The number of carbonyl (C=O) groups excluding carboxylic acids is 5. The number of hydrogen-bond acceptors (Lipinski definition) is 9. The molecule has 0 aliphatic carbocycles. The van der Waals surface area contributed by atoms with Crippen LogP contribution in [0.25, 0.3) is 11.6 Å². The number of carbonyl (C=O) groups is 6. The largest absolute Gasteiger partial charge is 0.479 e. The second kappa shape index (κ2) is 15.8. The van der Waals surface area contributed by atoms with E-state index in [4.69, 9.17) is 9.84 Å². The maximum absolute atomic E-state index is 13.0. The van der Waals surface area contributed by atoms with E-state index < -0.39 is 36.0 Å². The first-order valence-corrected chi connectivity index (χ1v) is 15.0.